The van der Waals surface area contributed by atoms with Gasteiger partial charge in [-0.25, -0.2) is 4.39 Å². The third-order valence-corrected chi connectivity index (χ3v) is 5.72. The highest BCUT2D eigenvalue weighted by Gasteiger charge is 2.29. The number of likely N-dealkylation sites (N-methyl/N-ethyl adjacent to an activating group) is 1. The average Bonchev–Trinajstić information content (AvgIpc) is 2.54. The maximum Gasteiger partial charge on any atom is 0.134 e. The van der Waals surface area contributed by atoms with Crippen molar-refractivity contribution in [2.75, 3.05) is 11.9 Å². The summed E-state index contributed by atoms with van der Waals surface area (Å²) in [5, 5.41) is 0. The molecule has 0 saturated carbocycles. The number of rotatable bonds is 2. The molecule has 0 aliphatic carbocycles. The van der Waals surface area contributed by atoms with Crippen molar-refractivity contribution in [1.29, 1.82) is 0 Å². The largest absolute Gasteiger partial charge is 0.365 e. The summed E-state index contributed by atoms with van der Waals surface area (Å²) in [4.78, 5) is 6.55. The molecular formula is C21H22BrFN2. The van der Waals surface area contributed by atoms with E-state index in [9.17, 15) is 4.39 Å². The first-order chi connectivity index (χ1) is 11.7. The van der Waals surface area contributed by atoms with Gasteiger partial charge in [-0.2, -0.15) is 0 Å². The summed E-state index contributed by atoms with van der Waals surface area (Å²) < 4.78 is 15.7. The van der Waals surface area contributed by atoms with Crippen LogP contribution in [-0.4, -0.2) is 18.8 Å². The fourth-order valence-corrected chi connectivity index (χ4v) is 3.39. The molecule has 1 aliphatic rings. The molecule has 0 radical (unpaired) electrons. The van der Waals surface area contributed by atoms with Gasteiger partial charge >= 0.3 is 0 Å². The van der Waals surface area contributed by atoms with Crippen molar-refractivity contribution < 1.29 is 4.39 Å². The second-order valence-electron chi connectivity index (χ2n) is 7.12. The molecule has 0 amide bonds. The molecule has 0 aromatic heterocycles. The summed E-state index contributed by atoms with van der Waals surface area (Å²) in [6, 6.07) is 9.33. The highest BCUT2D eigenvalue weighted by molar-refractivity contribution is 9.10. The monoisotopic (exact) mass is 400 g/mol. The van der Waals surface area contributed by atoms with Crippen molar-refractivity contribution in [3.05, 3.63) is 63.4 Å². The zero-order chi connectivity index (χ0) is 18.4. The van der Waals surface area contributed by atoms with Gasteiger partial charge in [-0.3, -0.25) is 4.99 Å². The van der Waals surface area contributed by atoms with Gasteiger partial charge in [-0.05, 0) is 69.2 Å². The third-order valence-electron chi connectivity index (χ3n) is 4.83. The van der Waals surface area contributed by atoms with Gasteiger partial charge in [0.05, 0.1) is 11.2 Å². The maximum atomic E-state index is 14.6. The Morgan fingerprint density at radius 1 is 1.16 bits per heavy atom. The van der Waals surface area contributed by atoms with E-state index in [4.69, 9.17) is 0 Å². The van der Waals surface area contributed by atoms with Gasteiger partial charge in [0.15, 0.2) is 0 Å². The maximum absolute atomic E-state index is 14.6. The van der Waals surface area contributed by atoms with Gasteiger partial charge in [0.1, 0.15) is 5.82 Å². The van der Waals surface area contributed by atoms with E-state index in [2.05, 4.69) is 52.7 Å². The van der Waals surface area contributed by atoms with Gasteiger partial charge in [0, 0.05) is 34.5 Å². The topological polar surface area (TPSA) is 15.6 Å². The summed E-state index contributed by atoms with van der Waals surface area (Å²) in [6.07, 6.45) is 3.82. The number of nitrogens with zero attached hydrogens (tertiary/aromatic N) is 2. The Labute approximate surface area is 157 Å². The van der Waals surface area contributed by atoms with Crippen LogP contribution in [-0.2, 0) is 0 Å². The van der Waals surface area contributed by atoms with Crippen LogP contribution in [0.5, 0.6) is 0 Å². The van der Waals surface area contributed by atoms with E-state index in [0.717, 1.165) is 32.5 Å². The lowest BCUT2D eigenvalue weighted by atomic mass is 9.88. The number of hydrogen-bond donors (Lipinski definition) is 0. The van der Waals surface area contributed by atoms with E-state index in [-0.39, 0.29) is 11.4 Å². The Balaban J connectivity index is 2.01. The van der Waals surface area contributed by atoms with Crippen LogP contribution in [0, 0.1) is 12.7 Å². The molecule has 4 heteroatoms. The van der Waals surface area contributed by atoms with Crippen LogP contribution < -0.4 is 4.90 Å². The number of aryl methyl sites for hydroxylation is 1. The molecule has 0 saturated heterocycles. The van der Waals surface area contributed by atoms with E-state index in [1.165, 1.54) is 0 Å². The lowest BCUT2D eigenvalue weighted by Gasteiger charge is -2.40. The Kier molecular flexibility index (Phi) is 4.58. The number of benzene rings is 2. The molecule has 2 nitrogen and oxygen atoms in total. The number of hydrogen-bond acceptors (Lipinski definition) is 2. The van der Waals surface area contributed by atoms with Crippen LogP contribution in [0.2, 0.25) is 0 Å². The first-order valence-corrected chi connectivity index (χ1v) is 9.06. The smallest absolute Gasteiger partial charge is 0.134 e. The number of halogens is 2. The molecule has 0 atom stereocenters. The zero-order valence-electron chi connectivity index (χ0n) is 15.2. The molecule has 0 unspecified atom stereocenters. The Bertz CT molecular complexity index is 897. The lowest BCUT2D eigenvalue weighted by molar-refractivity contribution is 0.589. The van der Waals surface area contributed by atoms with Gasteiger partial charge in [0.2, 0.25) is 0 Å². The van der Waals surface area contributed by atoms with E-state index in [0.29, 0.717) is 5.56 Å². The first kappa shape index (κ1) is 17.9. The number of aliphatic imine (C=N–C) groups is 1. The fourth-order valence-electron chi connectivity index (χ4n) is 3.14. The summed E-state index contributed by atoms with van der Waals surface area (Å²) in [5.74, 6) is -0.256. The second kappa shape index (κ2) is 6.41. The molecule has 1 aliphatic heterocycles. The van der Waals surface area contributed by atoms with Crippen molar-refractivity contribution in [3.8, 4) is 0 Å². The van der Waals surface area contributed by atoms with Crippen LogP contribution in [0.1, 0.15) is 37.5 Å². The third kappa shape index (κ3) is 3.40. The van der Waals surface area contributed by atoms with Crippen molar-refractivity contribution >= 4 is 39.1 Å². The van der Waals surface area contributed by atoms with Crippen LogP contribution in [0.4, 0.5) is 15.8 Å². The summed E-state index contributed by atoms with van der Waals surface area (Å²) in [6.45, 7) is 8.34. The lowest BCUT2D eigenvalue weighted by Crippen LogP contribution is -2.42. The molecule has 0 fully saturated rings. The molecule has 2 aromatic rings. The second-order valence-corrected chi connectivity index (χ2v) is 7.98. The van der Waals surface area contributed by atoms with E-state index >= 15 is 0 Å². The normalized spacial score (nSPS) is 16.1. The minimum absolute atomic E-state index is 0.131. The van der Waals surface area contributed by atoms with Crippen molar-refractivity contribution in [2.24, 2.45) is 4.99 Å². The molecule has 2 aromatic carbocycles. The zero-order valence-corrected chi connectivity index (χ0v) is 16.8. The number of fused-ring (bicyclic) bond motifs is 1. The molecule has 1 heterocycles. The summed E-state index contributed by atoms with van der Waals surface area (Å²) in [7, 11) is 2.00. The Morgan fingerprint density at radius 3 is 2.56 bits per heavy atom. The van der Waals surface area contributed by atoms with E-state index in [1.807, 2.05) is 38.2 Å². The van der Waals surface area contributed by atoms with Crippen LogP contribution >= 0.6 is 15.9 Å². The predicted molar refractivity (Wildman–Crippen MR) is 109 cm³/mol. The molecular weight excluding hydrogens is 379 g/mol. The molecule has 25 heavy (non-hydrogen) atoms. The van der Waals surface area contributed by atoms with Crippen molar-refractivity contribution in [2.45, 2.75) is 33.2 Å². The number of anilines is 1. The predicted octanol–water partition coefficient (Wildman–Crippen LogP) is 6.28. The number of allylic oxidation sites excluding steroid dienone is 1. The van der Waals surface area contributed by atoms with Crippen LogP contribution in [0.25, 0.3) is 5.57 Å². The summed E-state index contributed by atoms with van der Waals surface area (Å²) in [5.41, 5.74) is 5.41. The van der Waals surface area contributed by atoms with Gasteiger partial charge in [0.25, 0.3) is 0 Å². The molecule has 130 valence electrons. The Morgan fingerprint density at radius 2 is 1.88 bits per heavy atom. The van der Waals surface area contributed by atoms with Crippen molar-refractivity contribution in [3.63, 3.8) is 0 Å². The van der Waals surface area contributed by atoms with E-state index in [1.54, 1.807) is 12.3 Å². The SMILES string of the molecule is CC1=CC(C)(C)N(C)c2cc(F)c(C=Nc3ccc(Br)c(C)c3)cc21. The molecule has 0 spiro atoms. The van der Waals surface area contributed by atoms with Gasteiger partial charge in [-0.15, -0.1) is 0 Å². The highest BCUT2D eigenvalue weighted by atomic mass is 79.9. The summed E-state index contributed by atoms with van der Waals surface area (Å²) >= 11 is 3.48. The van der Waals surface area contributed by atoms with Gasteiger partial charge in [-0.1, -0.05) is 22.0 Å². The average molecular weight is 401 g/mol. The van der Waals surface area contributed by atoms with Crippen LogP contribution in [0.15, 0.2) is 45.9 Å². The minimum Gasteiger partial charge on any atom is -0.365 e. The quantitative estimate of drug-likeness (QED) is 0.541. The highest BCUT2D eigenvalue weighted by Crippen LogP contribution is 2.38. The first-order valence-electron chi connectivity index (χ1n) is 8.26. The van der Waals surface area contributed by atoms with Gasteiger partial charge < -0.3 is 4.90 Å². The standard InChI is InChI=1S/C21H22BrFN2/c1-13-8-16(6-7-18(13)22)24-12-15-9-17-14(2)11-21(3,4)25(5)20(17)10-19(15)23/h6-12H,1-5H3. The molecule has 3 rings (SSSR count). The fraction of sp³-hybridized carbons (Fsp3) is 0.286. The van der Waals surface area contributed by atoms with Crippen molar-refractivity contribution in [1.82, 2.24) is 0 Å². The van der Waals surface area contributed by atoms with E-state index < -0.39 is 0 Å². The minimum atomic E-state index is -0.256. The molecule has 0 N–H and O–H groups in total. The van der Waals surface area contributed by atoms with Crippen LogP contribution in [0.3, 0.4) is 0 Å². The Hall–Kier alpha value is -1.94. The molecule has 0 bridgehead atoms.